The molecule has 3 aromatic heterocycles. The van der Waals surface area contributed by atoms with Gasteiger partial charge in [-0.15, -0.1) is 0 Å². The van der Waals surface area contributed by atoms with Crippen molar-refractivity contribution in [1.29, 1.82) is 0 Å². The van der Waals surface area contributed by atoms with E-state index < -0.39 is 19.2 Å². The second kappa shape index (κ2) is 17.7. The normalized spacial score (nSPS) is 13.2. The number of amides is 2. The number of rotatable bonds is 11. The van der Waals surface area contributed by atoms with Gasteiger partial charge in [0, 0.05) is 51.8 Å². The van der Waals surface area contributed by atoms with Crippen molar-refractivity contribution in [2.45, 2.75) is 27.7 Å². The molecule has 0 unspecified atom stereocenters. The molecule has 0 aliphatic carbocycles. The molecule has 278 valence electrons. The standard InChI is InChI=1S/C42H35BF2N8O3/c1-27-20-29(3)50-39(27)38(40-28(2)21-30(4)53(40)43(44)45)32-15-13-31(14-16-32)10-9-19-56-37-23-33(41(54)51-48-25-35-11-5-7-17-46-35)22-34(24-37)42(55)52-49-26-36-12-6-8-18-47-36/h5-8,11-18,20-26H,19H2,1-4H3,(H,51,54)(H,52,55)/b39-38-,48-25+,49-26+. The summed E-state index contributed by atoms with van der Waals surface area (Å²) in [5, 5.41) is 7.93. The number of ether oxygens (including phenoxy) is 1. The van der Waals surface area contributed by atoms with Crippen LogP contribution in [0, 0.1) is 25.7 Å². The molecule has 0 fully saturated rings. The number of hydrazone groups is 2. The molecule has 6 rings (SSSR count). The topological polar surface area (TPSA) is 135 Å². The fraction of sp³-hybridized carbons (Fsp3) is 0.119. The van der Waals surface area contributed by atoms with Gasteiger partial charge in [-0.05, 0) is 111 Å². The minimum absolute atomic E-state index is 0.0861. The van der Waals surface area contributed by atoms with Crippen LogP contribution in [0.2, 0.25) is 0 Å². The van der Waals surface area contributed by atoms with Gasteiger partial charge in [-0.3, -0.25) is 33.2 Å². The number of nitrogens with zero attached hydrogens (tertiary/aromatic N) is 6. The van der Waals surface area contributed by atoms with Crippen LogP contribution >= 0.6 is 0 Å². The average Bonchev–Trinajstić information content (AvgIpc) is 3.69. The van der Waals surface area contributed by atoms with E-state index in [2.05, 4.69) is 42.9 Å². The molecule has 0 saturated heterocycles. The summed E-state index contributed by atoms with van der Waals surface area (Å²) in [7, 11) is -2.73. The molecule has 1 aliphatic rings. The van der Waals surface area contributed by atoms with Gasteiger partial charge in [0.2, 0.25) is 0 Å². The molecular formula is C42H35BF2N8O3. The lowest BCUT2D eigenvalue weighted by Gasteiger charge is -2.16. The van der Waals surface area contributed by atoms with Gasteiger partial charge >= 0.3 is 7.40 Å². The van der Waals surface area contributed by atoms with Gasteiger partial charge in [-0.2, -0.15) is 10.2 Å². The first-order chi connectivity index (χ1) is 27.1. The molecule has 2 amide bonds. The first-order valence-corrected chi connectivity index (χ1v) is 17.4. The van der Waals surface area contributed by atoms with Crippen molar-refractivity contribution in [2.24, 2.45) is 15.2 Å². The van der Waals surface area contributed by atoms with Crippen molar-refractivity contribution in [3.8, 4) is 17.6 Å². The number of pyridine rings is 2. The Morgan fingerprint density at radius 2 is 1.43 bits per heavy atom. The van der Waals surface area contributed by atoms with Crippen LogP contribution in [0.15, 0.2) is 130 Å². The first kappa shape index (κ1) is 38.5. The Morgan fingerprint density at radius 3 is 1.95 bits per heavy atom. The molecule has 0 bridgehead atoms. The Labute approximate surface area is 322 Å². The number of aryl methyl sites for hydroxylation is 2. The van der Waals surface area contributed by atoms with Crippen molar-refractivity contribution in [3.05, 3.63) is 165 Å². The number of nitrogens with one attached hydrogen (secondary N) is 2. The SMILES string of the molecule is CC1=CC(C)=N/C1=C(/c1ccc(C#CCOc2cc(C(=O)N/N=C/c3ccccn3)cc(C(=O)N/N=C/c3ccccn3)c2)cc1)c1c(C)cc(C)n1B(F)F. The second-order valence-electron chi connectivity index (χ2n) is 12.6. The van der Waals surface area contributed by atoms with Crippen LogP contribution in [-0.4, -0.2) is 58.4 Å². The summed E-state index contributed by atoms with van der Waals surface area (Å²) in [4.78, 5) is 39.1. The molecule has 56 heavy (non-hydrogen) atoms. The Kier molecular flexibility index (Phi) is 12.2. The molecular weight excluding hydrogens is 713 g/mol. The summed E-state index contributed by atoms with van der Waals surface area (Å²) in [5.74, 6) is 5.02. The number of benzene rings is 2. The number of aromatic nitrogens is 3. The summed E-state index contributed by atoms with van der Waals surface area (Å²) in [6.07, 6.45) is 7.91. The highest BCUT2D eigenvalue weighted by Gasteiger charge is 2.29. The maximum Gasteiger partial charge on any atom is 0.677 e. The van der Waals surface area contributed by atoms with Crippen molar-refractivity contribution in [3.63, 3.8) is 0 Å². The molecule has 4 heterocycles. The number of hydrogen-bond donors (Lipinski definition) is 2. The van der Waals surface area contributed by atoms with Crippen molar-refractivity contribution < 1.29 is 23.0 Å². The van der Waals surface area contributed by atoms with Crippen molar-refractivity contribution >= 4 is 42.9 Å². The van der Waals surface area contributed by atoms with E-state index in [1.54, 1.807) is 73.9 Å². The number of carbonyl (C=O) groups is 2. The smallest absolute Gasteiger partial charge is 0.481 e. The van der Waals surface area contributed by atoms with Crippen LogP contribution in [0.5, 0.6) is 5.75 Å². The molecule has 0 saturated carbocycles. The molecule has 2 N–H and O–H groups in total. The number of aliphatic imine (C=N–C) groups is 1. The highest BCUT2D eigenvalue weighted by molar-refractivity contribution is 6.41. The van der Waals surface area contributed by atoms with Gasteiger partial charge < -0.3 is 9.21 Å². The minimum Gasteiger partial charge on any atom is -0.481 e. The fourth-order valence-electron chi connectivity index (χ4n) is 5.97. The molecule has 1 aliphatic heterocycles. The van der Waals surface area contributed by atoms with E-state index in [0.29, 0.717) is 45.2 Å². The molecule has 0 spiro atoms. The molecule has 11 nitrogen and oxygen atoms in total. The van der Waals surface area contributed by atoms with Crippen LogP contribution in [0.25, 0.3) is 5.57 Å². The predicted octanol–water partition coefficient (Wildman–Crippen LogP) is 6.81. The van der Waals surface area contributed by atoms with E-state index in [9.17, 15) is 18.2 Å². The largest absolute Gasteiger partial charge is 0.677 e. The lowest BCUT2D eigenvalue weighted by atomic mass is 9.94. The van der Waals surface area contributed by atoms with Gasteiger partial charge in [0.25, 0.3) is 11.8 Å². The van der Waals surface area contributed by atoms with Crippen molar-refractivity contribution in [2.75, 3.05) is 6.61 Å². The van der Waals surface area contributed by atoms with E-state index in [1.165, 1.54) is 30.6 Å². The first-order valence-electron chi connectivity index (χ1n) is 17.4. The van der Waals surface area contributed by atoms with Crippen molar-refractivity contribution in [1.82, 2.24) is 25.3 Å². The van der Waals surface area contributed by atoms with E-state index in [0.717, 1.165) is 21.3 Å². The van der Waals surface area contributed by atoms with Crippen LogP contribution in [0.4, 0.5) is 8.63 Å². The van der Waals surface area contributed by atoms with E-state index >= 15 is 0 Å². The zero-order chi connectivity index (χ0) is 39.6. The van der Waals surface area contributed by atoms with Gasteiger partial charge in [-0.1, -0.05) is 36.1 Å². The van der Waals surface area contributed by atoms with Gasteiger partial charge in [0.05, 0.1) is 29.5 Å². The van der Waals surface area contributed by atoms with Crippen LogP contribution in [0.1, 0.15) is 74.0 Å². The third-order valence-corrected chi connectivity index (χ3v) is 8.43. The van der Waals surface area contributed by atoms with Gasteiger partial charge in [-0.25, -0.2) is 10.9 Å². The fourth-order valence-corrected chi connectivity index (χ4v) is 5.97. The Morgan fingerprint density at radius 1 is 0.821 bits per heavy atom. The Hall–Kier alpha value is -7.27. The highest BCUT2D eigenvalue weighted by Crippen LogP contribution is 2.37. The molecule has 14 heteroatoms. The number of halogens is 2. The van der Waals surface area contributed by atoms with Crippen LogP contribution < -0.4 is 15.6 Å². The van der Waals surface area contributed by atoms with Gasteiger partial charge in [0.1, 0.15) is 12.4 Å². The summed E-state index contributed by atoms with van der Waals surface area (Å²) >= 11 is 0. The molecule has 2 aromatic carbocycles. The summed E-state index contributed by atoms with van der Waals surface area (Å²) in [5.41, 5.74) is 12.0. The summed E-state index contributed by atoms with van der Waals surface area (Å²) in [6.45, 7) is 7.19. The minimum atomic E-state index is -2.73. The second-order valence-corrected chi connectivity index (χ2v) is 12.6. The molecule has 0 radical (unpaired) electrons. The molecule has 0 atom stereocenters. The third kappa shape index (κ3) is 9.44. The summed E-state index contributed by atoms with van der Waals surface area (Å²) < 4.78 is 35.6. The van der Waals surface area contributed by atoms with Crippen LogP contribution in [0.3, 0.4) is 0 Å². The lowest BCUT2D eigenvalue weighted by Crippen LogP contribution is -2.21. The zero-order valence-electron chi connectivity index (χ0n) is 30.9. The van der Waals surface area contributed by atoms with E-state index in [1.807, 2.05) is 39.0 Å². The summed E-state index contributed by atoms with van der Waals surface area (Å²) in [6, 6.07) is 23.9. The third-order valence-electron chi connectivity index (χ3n) is 8.43. The predicted molar refractivity (Wildman–Crippen MR) is 214 cm³/mol. The Bertz CT molecular complexity index is 2400. The Balaban J connectivity index is 1.21. The number of allylic oxidation sites excluding steroid dienone is 2. The van der Waals surface area contributed by atoms with E-state index in [-0.39, 0.29) is 23.5 Å². The molecule has 5 aromatic rings. The monoisotopic (exact) mass is 748 g/mol. The number of hydrogen-bond acceptors (Lipinski definition) is 8. The zero-order valence-corrected chi connectivity index (χ0v) is 30.9. The average molecular weight is 749 g/mol. The maximum atomic E-state index is 14.3. The maximum absolute atomic E-state index is 14.3. The van der Waals surface area contributed by atoms with Crippen LogP contribution in [-0.2, 0) is 0 Å². The lowest BCUT2D eigenvalue weighted by molar-refractivity contribution is 0.0954. The van der Waals surface area contributed by atoms with E-state index in [4.69, 9.17) is 9.73 Å². The quantitative estimate of drug-likeness (QED) is 0.0663. The number of carbonyl (C=O) groups excluding carboxylic acids is 2. The van der Waals surface area contributed by atoms with Gasteiger partial charge in [0.15, 0.2) is 0 Å². The highest BCUT2D eigenvalue weighted by atomic mass is 19.2.